The van der Waals surface area contributed by atoms with E-state index in [-0.39, 0.29) is 57.9 Å². The van der Waals surface area contributed by atoms with Gasteiger partial charge in [0.25, 0.3) is 11.6 Å². The number of thiazole rings is 1. The second-order valence-corrected chi connectivity index (χ2v) is 15.3. The van der Waals surface area contributed by atoms with Crippen LogP contribution in [0.3, 0.4) is 0 Å². The summed E-state index contributed by atoms with van der Waals surface area (Å²) in [4.78, 5) is 69.0. The third-order valence-corrected chi connectivity index (χ3v) is 12.9. The number of nitro groups is 1. The number of hydrogen-bond donors (Lipinski definition) is 2. The van der Waals surface area contributed by atoms with E-state index in [2.05, 4.69) is 10.3 Å². The van der Waals surface area contributed by atoms with Gasteiger partial charge in [0, 0.05) is 49.5 Å². The Labute approximate surface area is 290 Å². The lowest BCUT2D eigenvalue weighted by atomic mass is 9.68. The number of ether oxygens (including phenoxy) is 1. The predicted octanol–water partition coefficient (Wildman–Crippen LogP) is 6.35. The molecule has 4 aliphatic rings. The van der Waals surface area contributed by atoms with Gasteiger partial charge in [0.2, 0.25) is 11.8 Å². The van der Waals surface area contributed by atoms with E-state index < -0.39 is 22.7 Å². The zero-order valence-electron chi connectivity index (χ0n) is 24.6. The van der Waals surface area contributed by atoms with Crippen molar-refractivity contribution in [1.82, 2.24) is 4.98 Å². The molecule has 8 rings (SSSR count). The third-order valence-electron chi connectivity index (χ3n) is 9.84. The topological polar surface area (TPSA) is 152 Å². The fourth-order valence-electron chi connectivity index (χ4n) is 8.11. The quantitative estimate of drug-likeness (QED) is 0.127. The average Bonchev–Trinajstić information content (AvgIpc) is 3.80. The Morgan fingerprint density at radius 3 is 2.38 bits per heavy atom. The van der Waals surface area contributed by atoms with Crippen molar-refractivity contribution in [2.75, 3.05) is 16.8 Å². The van der Waals surface area contributed by atoms with E-state index in [1.54, 1.807) is 54.2 Å². The van der Waals surface area contributed by atoms with Crippen molar-refractivity contribution in [2.45, 2.75) is 22.6 Å². The van der Waals surface area contributed by atoms with Crippen LogP contribution < -0.4 is 19.8 Å². The number of fused-ring (bicyclic) bond motifs is 9. The number of carbonyl (C=O) groups excluding carboxylic acids is 3. The minimum Gasteiger partial charge on any atom is -0.483 e. The van der Waals surface area contributed by atoms with Crippen LogP contribution in [0, 0.1) is 39.7 Å². The maximum Gasteiger partial charge on any atom is 0.305 e. The summed E-state index contributed by atoms with van der Waals surface area (Å²) in [5.41, 5.74) is 1.43. The van der Waals surface area contributed by atoms with Gasteiger partial charge in [-0.05, 0) is 78.8 Å². The lowest BCUT2D eigenvalue weighted by Gasteiger charge is -2.43. The van der Waals surface area contributed by atoms with E-state index >= 15 is 0 Å². The number of nitrogens with zero attached hydrogens (tertiary/aromatic N) is 2. The van der Waals surface area contributed by atoms with E-state index in [1.165, 1.54) is 29.2 Å². The number of rotatable bonds is 7. The first-order chi connectivity index (χ1) is 23.1. The standard InChI is InChI=1S/C33H24Cl2N4O7S2/c34-14-1-4-16(5-2-14)36-23(40)13-46-22-10-3-15(35)11-19(22)24-25-20-12-21(28(25)47-30-29(24)48-33(43)37-30)27-26(20)31(41)38(32(27)42)17-6-8-18(9-7-17)39(44)45/h1-11,20-21,24-28H,12-13H2,(H,36,40)(H,37,43)/t20-,21-,24+,25-,26+,27+,28-/m1/s1. The number of thioether (sulfide) groups is 1. The molecular formula is C33H24Cl2N4O7S2. The molecule has 2 saturated carbocycles. The van der Waals surface area contributed by atoms with Crippen LogP contribution in [-0.2, 0) is 14.4 Å². The van der Waals surface area contributed by atoms with Gasteiger partial charge in [-0.15, -0.1) is 11.8 Å². The highest BCUT2D eigenvalue weighted by atomic mass is 35.5. The maximum atomic E-state index is 14.1. The van der Waals surface area contributed by atoms with Gasteiger partial charge >= 0.3 is 4.87 Å². The molecule has 7 atom stereocenters. The molecule has 1 saturated heterocycles. The number of benzene rings is 3. The summed E-state index contributed by atoms with van der Waals surface area (Å²) in [7, 11) is 0. The number of aromatic nitrogens is 1. The monoisotopic (exact) mass is 722 g/mol. The molecule has 11 nitrogen and oxygen atoms in total. The molecule has 0 radical (unpaired) electrons. The molecular weight excluding hydrogens is 699 g/mol. The van der Waals surface area contributed by atoms with Gasteiger partial charge in [-0.25, -0.2) is 0 Å². The molecule has 244 valence electrons. The van der Waals surface area contributed by atoms with E-state index in [4.69, 9.17) is 27.9 Å². The second kappa shape index (κ2) is 11.8. The highest BCUT2D eigenvalue weighted by Crippen LogP contribution is 2.69. The molecule has 0 spiro atoms. The molecule has 2 N–H and O–H groups in total. The zero-order chi connectivity index (χ0) is 33.4. The molecule has 48 heavy (non-hydrogen) atoms. The predicted molar refractivity (Wildman–Crippen MR) is 181 cm³/mol. The van der Waals surface area contributed by atoms with Crippen LogP contribution in [0.4, 0.5) is 17.1 Å². The Morgan fingerprint density at radius 2 is 1.67 bits per heavy atom. The number of imide groups is 1. The lowest BCUT2D eigenvalue weighted by molar-refractivity contribution is -0.384. The third kappa shape index (κ3) is 5.02. The average molecular weight is 724 g/mol. The Bertz CT molecular complexity index is 2070. The number of aromatic amines is 1. The SMILES string of the molecule is O=C(COc1ccc(Cl)cc1[C@@H]1c2sc(=O)[nH]c2S[C@@H]2[C@@H]3C[C@@H]([C@@H]4C(=O)N(c5ccc([N+](=O)[O-])cc5)C(=O)[C@@H]34)[C@H]12)Nc1ccc(Cl)cc1. The number of non-ortho nitro benzene ring substituents is 1. The fourth-order valence-corrected chi connectivity index (χ4v) is 11.3. The molecule has 3 heterocycles. The summed E-state index contributed by atoms with van der Waals surface area (Å²) in [6.45, 7) is -0.295. The van der Waals surface area contributed by atoms with Crippen LogP contribution in [0.1, 0.15) is 22.8 Å². The molecule has 2 aliphatic heterocycles. The van der Waals surface area contributed by atoms with Gasteiger partial charge < -0.3 is 15.0 Å². The summed E-state index contributed by atoms with van der Waals surface area (Å²) < 4.78 is 6.12. The number of H-pyrrole nitrogens is 1. The number of amides is 3. The summed E-state index contributed by atoms with van der Waals surface area (Å²) in [5, 5.41) is 15.6. The molecule has 0 unspecified atom stereocenters. The van der Waals surface area contributed by atoms with Crippen molar-refractivity contribution >= 4 is 81.1 Å². The zero-order valence-corrected chi connectivity index (χ0v) is 27.8. The Balaban J connectivity index is 1.13. The number of hydrogen-bond acceptors (Lipinski definition) is 9. The first kappa shape index (κ1) is 31.1. The van der Waals surface area contributed by atoms with Crippen LogP contribution in [0.5, 0.6) is 5.75 Å². The number of nitro benzene ring substituents is 1. The van der Waals surface area contributed by atoms with Crippen LogP contribution in [0.25, 0.3) is 0 Å². The number of nitrogens with one attached hydrogen (secondary N) is 2. The van der Waals surface area contributed by atoms with Gasteiger partial charge in [-0.3, -0.25) is 34.2 Å². The maximum absolute atomic E-state index is 14.1. The Kier molecular flexibility index (Phi) is 7.62. The van der Waals surface area contributed by atoms with Crippen molar-refractivity contribution in [1.29, 1.82) is 0 Å². The number of halogens is 2. The Hall–Kier alpha value is -4.17. The van der Waals surface area contributed by atoms with Gasteiger partial charge in [0.05, 0.1) is 27.5 Å². The summed E-state index contributed by atoms with van der Waals surface area (Å²) in [5.74, 6) is -2.55. The summed E-state index contributed by atoms with van der Waals surface area (Å²) in [6, 6.07) is 17.3. The molecule has 3 fully saturated rings. The molecule has 4 aromatic rings. The largest absolute Gasteiger partial charge is 0.483 e. The highest BCUT2D eigenvalue weighted by Gasteiger charge is 2.70. The lowest BCUT2D eigenvalue weighted by Crippen LogP contribution is -2.42. The van der Waals surface area contributed by atoms with Crippen molar-refractivity contribution in [2.24, 2.45) is 29.6 Å². The van der Waals surface area contributed by atoms with Crippen LogP contribution in [-0.4, -0.2) is 39.5 Å². The van der Waals surface area contributed by atoms with Crippen LogP contribution >= 0.6 is 46.3 Å². The van der Waals surface area contributed by atoms with E-state index in [0.717, 1.165) is 21.2 Å². The van der Waals surface area contributed by atoms with Crippen molar-refractivity contribution in [3.63, 3.8) is 0 Å². The normalized spacial score (nSPS) is 26.6. The molecule has 15 heteroatoms. The van der Waals surface area contributed by atoms with Gasteiger partial charge in [-0.2, -0.15) is 0 Å². The van der Waals surface area contributed by atoms with Crippen LogP contribution in [0.2, 0.25) is 10.0 Å². The minimum atomic E-state index is -0.576. The summed E-state index contributed by atoms with van der Waals surface area (Å²) >= 11 is 15.2. The van der Waals surface area contributed by atoms with Crippen LogP contribution in [0.15, 0.2) is 76.6 Å². The van der Waals surface area contributed by atoms with Gasteiger partial charge in [-0.1, -0.05) is 34.5 Å². The first-order valence-electron chi connectivity index (χ1n) is 15.1. The van der Waals surface area contributed by atoms with Crippen molar-refractivity contribution < 1.29 is 24.0 Å². The fraction of sp³-hybridized carbons (Fsp3) is 0.273. The smallest absolute Gasteiger partial charge is 0.305 e. The molecule has 2 bridgehead atoms. The van der Waals surface area contributed by atoms with Gasteiger partial charge in [0.1, 0.15) is 5.75 Å². The van der Waals surface area contributed by atoms with Crippen molar-refractivity contribution in [3.05, 3.63) is 107 Å². The van der Waals surface area contributed by atoms with E-state index in [1.807, 2.05) is 0 Å². The molecule has 3 amide bonds. The van der Waals surface area contributed by atoms with E-state index in [9.17, 15) is 29.3 Å². The summed E-state index contributed by atoms with van der Waals surface area (Å²) in [6.07, 6.45) is 0.666. The molecule has 1 aromatic heterocycles. The highest BCUT2D eigenvalue weighted by molar-refractivity contribution is 8.00. The number of carbonyl (C=O) groups is 3. The number of anilines is 2. The second-order valence-electron chi connectivity index (χ2n) is 12.3. The van der Waals surface area contributed by atoms with Crippen molar-refractivity contribution in [3.8, 4) is 5.75 Å². The van der Waals surface area contributed by atoms with E-state index in [0.29, 0.717) is 39.2 Å². The minimum absolute atomic E-state index is 0.0902. The molecule has 3 aromatic carbocycles. The Morgan fingerprint density at radius 1 is 0.979 bits per heavy atom. The van der Waals surface area contributed by atoms with Gasteiger partial charge in [0.15, 0.2) is 6.61 Å². The first-order valence-corrected chi connectivity index (χ1v) is 17.5. The molecule has 2 aliphatic carbocycles.